The number of nitrogens with zero attached hydrogens (tertiary/aromatic N) is 1. The van der Waals surface area contributed by atoms with Crippen LogP contribution in [0.5, 0.6) is 11.5 Å². The molecule has 0 aliphatic rings. The molecule has 0 radical (unpaired) electrons. The molecule has 9 nitrogen and oxygen atoms in total. The van der Waals surface area contributed by atoms with Crippen molar-refractivity contribution in [3.05, 3.63) is 89.0 Å². The lowest BCUT2D eigenvalue weighted by Gasteiger charge is -2.21. The summed E-state index contributed by atoms with van der Waals surface area (Å²) in [7, 11) is 1.24. The van der Waals surface area contributed by atoms with Gasteiger partial charge in [-0.1, -0.05) is 32.0 Å². The second-order valence-corrected chi connectivity index (χ2v) is 9.96. The van der Waals surface area contributed by atoms with Crippen molar-refractivity contribution in [3.8, 4) is 11.5 Å². The largest absolute Gasteiger partial charge is 0.497 e. The Morgan fingerprint density at radius 2 is 1.52 bits per heavy atom. The highest BCUT2D eigenvalue weighted by Gasteiger charge is 2.34. The third-order valence-corrected chi connectivity index (χ3v) is 6.84. The van der Waals surface area contributed by atoms with Gasteiger partial charge in [0.15, 0.2) is 0 Å². The molecule has 12 heteroatoms. The molecule has 0 aliphatic carbocycles. The topological polar surface area (TPSA) is 122 Å². The van der Waals surface area contributed by atoms with Crippen LogP contribution in [0.15, 0.2) is 66.7 Å². The number of carbonyl (C=O) groups excluding carboxylic acids is 3. The van der Waals surface area contributed by atoms with Gasteiger partial charge < -0.3 is 24.8 Å². The van der Waals surface area contributed by atoms with Crippen molar-refractivity contribution in [2.45, 2.75) is 45.8 Å². The maximum absolute atomic E-state index is 13.5. The van der Waals surface area contributed by atoms with Gasteiger partial charge in [0.1, 0.15) is 18.0 Å². The number of nitrogens with one attached hydrogen (secondary N) is 1. The number of benzene rings is 3. The fourth-order valence-corrected chi connectivity index (χ4v) is 4.43. The lowest BCUT2D eigenvalue weighted by molar-refractivity contribution is -0.139. The number of esters is 1. The van der Waals surface area contributed by atoms with E-state index in [2.05, 4.69) is 5.32 Å². The minimum absolute atomic E-state index is 0.00806. The van der Waals surface area contributed by atoms with Crippen molar-refractivity contribution in [1.29, 1.82) is 0 Å². The first-order valence-electron chi connectivity index (χ1n) is 13.8. The van der Waals surface area contributed by atoms with E-state index in [1.54, 1.807) is 24.3 Å². The quantitative estimate of drug-likeness (QED) is 0.180. The third kappa shape index (κ3) is 9.32. The number of carboxylic acids is 1. The van der Waals surface area contributed by atoms with Crippen LogP contribution in [-0.4, -0.2) is 47.4 Å². The van der Waals surface area contributed by atoms with Crippen molar-refractivity contribution in [1.82, 2.24) is 4.90 Å². The lowest BCUT2D eigenvalue weighted by Crippen LogP contribution is -2.35. The van der Waals surface area contributed by atoms with Crippen molar-refractivity contribution in [3.63, 3.8) is 0 Å². The number of hydrogen-bond donors (Lipinski definition) is 2. The van der Waals surface area contributed by atoms with Gasteiger partial charge in [-0.05, 0) is 72.5 Å². The van der Waals surface area contributed by atoms with Gasteiger partial charge in [-0.2, -0.15) is 13.2 Å². The Morgan fingerprint density at radius 1 is 0.909 bits per heavy atom. The third-order valence-electron chi connectivity index (χ3n) is 6.84. The Morgan fingerprint density at radius 3 is 2.07 bits per heavy atom. The molecule has 44 heavy (non-hydrogen) atoms. The molecular weight excluding hydrogens is 581 g/mol. The van der Waals surface area contributed by atoms with Gasteiger partial charge in [-0.15, -0.1) is 0 Å². The van der Waals surface area contributed by atoms with Crippen molar-refractivity contribution < 1.29 is 46.9 Å². The SMILES string of the molecule is CCC(CC)C(=O)Oc1ccc(CN(CC(=O)O)C(=O)c2ccc(NC(=O)Cc3ccc(OC)cc3C(F)(F)F)cc2)cc1. The normalized spacial score (nSPS) is 11.2. The van der Waals surface area contributed by atoms with Gasteiger partial charge in [-0.3, -0.25) is 19.2 Å². The van der Waals surface area contributed by atoms with E-state index in [4.69, 9.17) is 9.47 Å². The van der Waals surface area contributed by atoms with Crippen LogP contribution >= 0.6 is 0 Å². The molecule has 0 aromatic heterocycles. The second-order valence-electron chi connectivity index (χ2n) is 9.96. The molecule has 0 bridgehead atoms. The molecule has 0 atom stereocenters. The zero-order valence-corrected chi connectivity index (χ0v) is 24.4. The number of carboxylic acid groups (broad SMARTS) is 1. The molecule has 0 heterocycles. The minimum Gasteiger partial charge on any atom is -0.497 e. The van der Waals surface area contributed by atoms with Gasteiger partial charge >= 0.3 is 18.1 Å². The van der Waals surface area contributed by atoms with E-state index < -0.39 is 42.5 Å². The zero-order valence-electron chi connectivity index (χ0n) is 24.4. The Hall–Kier alpha value is -4.87. The van der Waals surface area contributed by atoms with Crippen LogP contribution in [0.25, 0.3) is 0 Å². The van der Waals surface area contributed by atoms with Gasteiger partial charge in [0.25, 0.3) is 5.91 Å². The first-order valence-corrected chi connectivity index (χ1v) is 13.8. The molecule has 3 rings (SSSR count). The molecular formula is C32H33F3N2O7. The number of carbonyl (C=O) groups is 4. The first-order chi connectivity index (χ1) is 20.8. The van der Waals surface area contributed by atoms with Crippen LogP contribution in [0, 0.1) is 5.92 Å². The van der Waals surface area contributed by atoms with Gasteiger partial charge in [0, 0.05) is 17.8 Å². The number of amides is 2. The van der Waals surface area contributed by atoms with Crippen LogP contribution < -0.4 is 14.8 Å². The summed E-state index contributed by atoms with van der Waals surface area (Å²) in [5, 5.41) is 11.9. The Bertz CT molecular complexity index is 1470. The summed E-state index contributed by atoms with van der Waals surface area (Å²) in [5.74, 6) is -2.74. The predicted molar refractivity (Wildman–Crippen MR) is 155 cm³/mol. The van der Waals surface area contributed by atoms with Crippen LogP contribution in [0.2, 0.25) is 0 Å². The number of anilines is 1. The molecule has 0 saturated carbocycles. The van der Waals surface area contributed by atoms with E-state index in [1.165, 1.54) is 43.5 Å². The van der Waals surface area contributed by atoms with E-state index in [1.807, 2.05) is 13.8 Å². The molecule has 234 valence electrons. The van der Waals surface area contributed by atoms with Crippen LogP contribution in [-0.2, 0) is 33.5 Å². The fourth-order valence-electron chi connectivity index (χ4n) is 4.43. The standard InChI is InChI=1S/C32H33F3N2O7/c1-4-21(5-2)31(42)44-25-13-6-20(7-14-25)18-37(19-29(39)40)30(41)22-8-11-24(12-9-22)36-28(38)16-23-10-15-26(43-3)17-27(23)32(33,34)35/h6-15,17,21H,4-5,16,18-19H2,1-3H3,(H,36,38)(H,39,40). The number of hydrogen-bond acceptors (Lipinski definition) is 6. The van der Waals surface area contributed by atoms with E-state index in [0.29, 0.717) is 24.2 Å². The summed E-state index contributed by atoms with van der Waals surface area (Å²) in [6.07, 6.45) is -3.93. The van der Waals surface area contributed by atoms with E-state index in [0.717, 1.165) is 11.0 Å². The number of halogens is 3. The second kappa shape index (κ2) is 15.0. The summed E-state index contributed by atoms with van der Waals surface area (Å²) in [5.41, 5.74) is -0.248. The Labute approximate surface area is 252 Å². The number of aliphatic carboxylic acids is 1. The highest BCUT2D eigenvalue weighted by atomic mass is 19.4. The highest BCUT2D eigenvalue weighted by Crippen LogP contribution is 2.34. The smallest absolute Gasteiger partial charge is 0.416 e. The minimum atomic E-state index is -4.68. The Kier molecular flexibility index (Phi) is 11.5. The molecule has 2 amide bonds. The maximum Gasteiger partial charge on any atom is 0.416 e. The maximum atomic E-state index is 13.5. The van der Waals surface area contributed by atoms with Gasteiger partial charge in [-0.25, -0.2) is 0 Å². The molecule has 0 spiro atoms. The van der Waals surface area contributed by atoms with E-state index in [9.17, 15) is 37.5 Å². The van der Waals surface area contributed by atoms with Crippen LogP contribution in [0.1, 0.15) is 53.7 Å². The summed E-state index contributed by atoms with van der Waals surface area (Å²) in [6, 6.07) is 15.3. The number of rotatable bonds is 13. The molecule has 2 N–H and O–H groups in total. The zero-order chi connectivity index (χ0) is 32.4. The molecule has 3 aromatic carbocycles. The summed E-state index contributed by atoms with van der Waals surface area (Å²) in [6.45, 7) is 3.16. The van der Waals surface area contributed by atoms with Crippen molar-refractivity contribution in [2.24, 2.45) is 5.92 Å². The molecule has 0 unspecified atom stereocenters. The van der Waals surface area contributed by atoms with E-state index >= 15 is 0 Å². The summed E-state index contributed by atoms with van der Waals surface area (Å²) >= 11 is 0. The fraction of sp³-hybridized carbons (Fsp3) is 0.312. The molecule has 0 saturated heterocycles. The predicted octanol–water partition coefficient (Wildman–Crippen LogP) is 5.96. The molecule has 0 fully saturated rings. The van der Waals surface area contributed by atoms with Gasteiger partial charge in [0.2, 0.25) is 5.91 Å². The van der Waals surface area contributed by atoms with Crippen molar-refractivity contribution in [2.75, 3.05) is 19.0 Å². The van der Waals surface area contributed by atoms with Crippen LogP contribution in [0.4, 0.5) is 18.9 Å². The number of alkyl halides is 3. The van der Waals surface area contributed by atoms with Gasteiger partial charge in [0.05, 0.1) is 25.0 Å². The monoisotopic (exact) mass is 614 g/mol. The summed E-state index contributed by atoms with van der Waals surface area (Å²) in [4.78, 5) is 50.6. The number of ether oxygens (including phenoxy) is 2. The van der Waals surface area contributed by atoms with E-state index in [-0.39, 0.29) is 41.0 Å². The lowest BCUT2D eigenvalue weighted by atomic mass is 10.0. The summed E-state index contributed by atoms with van der Waals surface area (Å²) < 4.78 is 50.7. The first kappa shape index (κ1) is 33.6. The Balaban J connectivity index is 1.67. The molecule has 3 aromatic rings. The van der Waals surface area contributed by atoms with Crippen LogP contribution in [0.3, 0.4) is 0 Å². The van der Waals surface area contributed by atoms with Crippen molar-refractivity contribution >= 4 is 29.4 Å². The molecule has 0 aliphatic heterocycles. The average Bonchev–Trinajstić information content (AvgIpc) is 2.98. The average molecular weight is 615 g/mol. The highest BCUT2D eigenvalue weighted by molar-refractivity contribution is 5.97. The number of methoxy groups -OCH3 is 1.